The summed E-state index contributed by atoms with van der Waals surface area (Å²) >= 11 is 2.74. The molecule has 1 aliphatic rings. The number of anilines is 1. The Bertz CT molecular complexity index is 574. The molecule has 1 aliphatic heterocycles. The minimum Gasteiger partial charge on any atom is -0.315 e. The smallest absolute Gasteiger partial charge is 0.236 e. The highest BCUT2D eigenvalue weighted by atomic mass is 79.9. The van der Waals surface area contributed by atoms with E-state index in [2.05, 4.69) is 26.0 Å². The predicted molar refractivity (Wildman–Crippen MR) is 72.5 cm³/mol. The molecule has 4 nitrogen and oxygen atoms in total. The summed E-state index contributed by atoms with van der Waals surface area (Å²) < 4.78 is 52.8. The van der Waals surface area contributed by atoms with Crippen LogP contribution in [0.2, 0.25) is 0 Å². The van der Waals surface area contributed by atoms with Crippen molar-refractivity contribution in [3.05, 3.63) is 28.2 Å². The fourth-order valence-electron chi connectivity index (χ4n) is 1.93. The van der Waals surface area contributed by atoms with Crippen molar-refractivity contribution >= 4 is 31.6 Å². The summed E-state index contributed by atoms with van der Waals surface area (Å²) in [5.41, 5.74) is -0.251. The number of hydrogen-bond donors (Lipinski definition) is 2. The summed E-state index contributed by atoms with van der Waals surface area (Å²) in [5.74, 6) is -1.73. The molecule has 1 aromatic rings. The third-order valence-electron chi connectivity index (χ3n) is 2.98. The fraction of sp³-hybridized carbons (Fsp3) is 0.455. The number of sulfonamides is 1. The van der Waals surface area contributed by atoms with Gasteiger partial charge in [-0.15, -0.1) is 0 Å². The lowest BCUT2D eigenvalue weighted by Crippen LogP contribution is -2.41. The molecule has 19 heavy (non-hydrogen) atoms. The third kappa shape index (κ3) is 3.24. The lowest BCUT2D eigenvalue weighted by Gasteiger charge is -2.23. The first kappa shape index (κ1) is 14.7. The van der Waals surface area contributed by atoms with E-state index >= 15 is 0 Å². The van der Waals surface area contributed by atoms with Gasteiger partial charge in [0.25, 0.3) is 0 Å². The van der Waals surface area contributed by atoms with Gasteiger partial charge in [-0.2, -0.15) is 0 Å². The molecule has 0 radical (unpaired) electrons. The van der Waals surface area contributed by atoms with Gasteiger partial charge in [-0.05, 0) is 47.4 Å². The van der Waals surface area contributed by atoms with Gasteiger partial charge in [0.15, 0.2) is 5.82 Å². The van der Waals surface area contributed by atoms with Gasteiger partial charge >= 0.3 is 0 Å². The summed E-state index contributed by atoms with van der Waals surface area (Å²) in [6.45, 7) is 1.11. The molecular formula is C11H13BrF2N2O2S. The van der Waals surface area contributed by atoms with Crippen LogP contribution < -0.4 is 10.0 Å². The number of halogens is 3. The second-order valence-corrected chi connectivity index (χ2v) is 7.09. The van der Waals surface area contributed by atoms with Crippen molar-refractivity contribution in [1.82, 2.24) is 5.32 Å². The normalized spacial score (nSPS) is 20.3. The van der Waals surface area contributed by atoms with Crippen LogP contribution in [0.3, 0.4) is 0 Å². The molecule has 1 atom stereocenters. The van der Waals surface area contributed by atoms with Crippen LogP contribution in [0.25, 0.3) is 0 Å². The minimum atomic E-state index is -3.68. The second kappa shape index (κ2) is 5.72. The van der Waals surface area contributed by atoms with Crippen LogP contribution in [0.5, 0.6) is 0 Å². The van der Waals surface area contributed by atoms with E-state index in [4.69, 9.17) is 0 Å². The lowest BCUT2D eigenvalue weighted by molar-refractivity contribution is 0.499. The molecule has 1 saturated heterocycles. The maximum atomic E-state index is 13.7. The Hall–Kier alpha value is -0.730. The Balaban J connectivity index is 2.23. The highest BCUT2D eigenvalue weighted by molar-refractivity contribution is 9.10. The molecular weight excluding hydrogens is 342 g/mol. The van der Waals surface area contributed by atoms with Crippen molar-refractivity contribution in [2.45, 2.75) is 18.1 Å². The van der Waals surface area contributed by atoms with E-state index in [1.165, 1.54) is 0 Å². The van der Waals surface area contributed by atoms with E-state index in [9.17, 15) is 17.2 Å². The summed E-state index contributed by atoms with van der Waals surface area (Å²) in [7, 11) is -3.68. The van der Waals surface area contributed by atoms with Crippen molar-refractivity contribution < 1.29 is 17.2 Å². The Morgan fingerprint density at radius 3 is 2.74 bits per heavy atom. The number of nitrogens with one attached hydrogen (secondary N) is 2. The first-order valence-electron chi connectivity index (χ1n) is 5.77. The highest BCUT2D eigenvalue weighted by Gasteiger charge is 2.28. The van der Waals surface area contributed by atoms with Crippen molar-refractivity contribution in [3.63, 3.8) is 0 Å². The van der Waals surface area contributed by atoms with Crippen molar-refractivity contribution in [1.29, 1.82) is 0 Å². The monoisotopic (exact) mass is 354 g/mol. The highest BCUT2D eigenvalue weighted by Crippen LogP contribution is 2.27. The molecule has 0 aromatic heterocycles. The first-order valence-corrected chi connectivity index (χ1v) is 8.11. The average Bonchev–Trinajstić information content (AvgIpc) is 2.40. The van der Waals surface area contributed by atoms with E-state index in [0.717, 1.165) is 25.1 Å². The van der Waals surface area contributed by atoms with Crippen molar-refractivity contribution in [3.8, 4) is 0 Å². The SMILES string of the molecule is O=S(=O)(Nc1ccc(F)c(Br)c1F)C1CCCNC1. The van der Waals surface area contributed by atoms with E-state index < -0.39 is 26.9 Å². The Kier molecular flexibility index (Phi) is 4.42. The zero-order chi connectivity index (χ0) is 14.0. The van der Waals surface area contributed by atoms with Crippen LogP contribution in [-0.2, 0) is 10.0 Å². The number of rotatable bonds is 3. The maximum Gasteiger partial charge on any atom is 0.236 e. The zero-order valence-electron chi connectivity index (χ0n) is 9.92. The first-order chi connectivity index (χ1) is 8.92. The topological polar surface area (TPSA) is 58.2 Å². The molecule has 1 aromatic carbocycles. The average molecular weight is 355 g/mol. The van der Waals surface area contributed by atoms with Crippen LogP contribution in [0, 0.1) is 11.6 Å². The van der Waals surface area contributed by atoms with Crippen LogP contribution in [0.1, 0.15) is 12.8 Å². The standard InChI is InChI=1S/C11H13BrF2N2O2S/c12-10-8(13)3-4-9(11(10)14)16-19(17,18)7-2-1-5-15-6-7/h3-4,7,15-16H,1-2,5-6H2. The largest absolute Gasteiger partial charge is 0.315 e. The Morgan fingerprint density at radius 1 is 1.37 bits per heavy atom. The maximum absolute atomic E-state index is 13.7. The molecule has 0 saturated carbocycles. The van der Waals surface area contributed by atoms with Crippen LogP contribution >= 0.6 is 15.9 Å². The second-order valence-electron chi connectivity index (χ2n) is 4.34. The van der Waals surface area contributed by atoms with Crippen molar-refractivity contribution in [2.24, 2.45) is 0 Å². The van der Waals surface area contributed by atoms with E-state index in [-0.39, 0.29) is 10.2 Å². The molecule has 106 valence electrons. The number of hydrogen-bond acceptors (Lipinski definition) is 3. The van der Waals surface area contributed by atoms with Gasteiger partial charge in [0.1, 0.15) is 5.82 Å². The summed E-state index contributed by atoms with van der Waals surface area (Å²) in [4.78, 5) is 0. The molecule has 0 aliphatic carbocycles. The van der Waals surface area contributed by atoms with Gasteiger partial charge in [0.05, 0.1) is 15.4 Å². The Morgan fingerprint density at radius 2 is 2.11 bits per heavy atom. The molecule has 2 N–H and O–H groups in total. The molecule has 1 fully saturated rings. The van der Waals surface area contributed by atoms with Crippen LogP contribution in [0.4, 0.5) is 14.5 Å². The van der Waals surface area contributed by atoms with E-state index in [1.807, 2.05) is 0 Å². The van der Waals surface area contributed by atoms with Gasteiger partial charge < -0.3 is 5.32 Å². The molecule has 0 spiro atoms. The molecule has 1 unspecified atom stereocenters. The lowest BCUT2D eigenvalue weighted by atomic mass is 10.2. The predicted octanol–water partition coefficient (Wildman–Crippen LogP) is 2.22. The zero-order valence-corrected chi connectivity index (χ0v) is 12.3. The number of piperidine rings is 1. The van der Waals surface area contributed by atoms with Gasteiger partial charge in [-0.1, -0.05) is 0 Å². The quantitative estimate of drug-likeness (QED) is 0.818. The third-order valence-corrected chi connectivity index (χ3v) is 5.49. The van der Waals surface area contributed by atoms with Gasteiger partial charge in [0.2, 0.25) is 10.0 Å². The summed E-state index contributed by atoms with van der Waals surface area (Å²) in [5, 5.41) is 2.37. The molecule has 0 amide bonds. The van der Waals surface area contributed by atoms with Gasteiger partial charge in [0, 0.05) is 6.54 Å². The summed E-state index contributed by atoms with van der Waals surface area (Å²) in [6, 6.07) is 2.08. The molecule has 0 bridgehead atoms. The molecule has 1 heterocycles. The number of benzene rings is 1. The minimum absolute atomic E-state index is 0.251. The van der Waals surface area contributed by atoms with E-state index in [0.29, 0.717) is 13.0 Å². The molecule has 2 rings (SSSR count). The van der Waals surface area contributed by atoms with Gasteiger partial charge in [-0.3, -0.25) is 4.72 Å². The summed E-state index contributed by atoms with van der Waals surface area (Å²) in [6.07, 6.45) is 1.27. The van der Waals surface area contributed by atoms with E-state index in [1.54, 1.807) is 0 Å². The van der Waals surface area contributed by atoms with Gasteiger partial charge in [-0.25, -0.2) is 17.2 Å². The van der Waals surface area contributed by atoms with Crippen LogP contribution in [-0.4, -0.2) is 26.8 Å². The Labute approximate surface area is 118 Å². The fourth-order valence-corrected chi connectivity index (χ4v) is 3.72. The molecule has 8 heteroatoms. The van der Waals surface area contributed by atoms with Crippen LogP contribution in [0.15, 0.2) is 16.6 Å². The van der Waals surface area contributed by atoms with Crippen molar-refractivity contribution in [2.75, 3.05) is 17.8 Å².